The topological polar surface area (TPSA) is 54.3 Å². The summed E-state index contributed by atoms with van der Waals surface area (Å²) in [6, 6.07) is 7.97. The Kier molecular flexibility index (Phi) is 5.15. The molecule has 3 rings (SSSR count). The second-order valence-corrected chi connectivity index (χ2v) is 6.94. The Morgan fingerprint density at radius 3 is 2.96 bits per heavy atom. The van der Waals surface area contributed by atoms with Gasteiger partial charge in [-0.05, 0) is 29.7 Å². The number of hydrogen-bond acceptors (Lipinski definition) is 3. The molecule has 0 saturated carbocycles. The third-order valence-corrected chi connectivity index (χ3v) is 5.05. The van der Waals surface area contributed by atoms with Gasteiger partial charge in [-0.15, -0.1) is 11.3 Å². The zero-order valence-electron chi connectivity index (χ0n) is 13.6. The summed E-state index contributed by atoms with van der Waals surface area (Å²) in [5.74, 6) is 0.106. The quantitative estimate of drug-likeness (QED) is 0.867. The SMILES string of the molecule is CNC(=O)C[C@@H]1CN(C(=O)/C=C/c2cccs2)Cc2cccn2C1. The Bertz CT molecular complexity index is 733. The number of hydrogen-bond donors (Lipinski definition) is 1. The van der Waals surface area contributed by atoms with Crippen LogP contribution in [0.15, 0.2) is 41.9 Å². The van der Waals surface area contributed by atoms with Crippen molar-refractivity contribution in [2.45, 2.75) is 19.5 Å². The number of thiophene rings is 1. The van der Waals surface area contributed by atoms with Crippen LogP contribution in [0.4, 0.5) is 0 Å². The first kappa shape index (κ1) is 16.5. The van der Waals surface area contributed by atoms with Crippen LogP contribution >= 0.6 is 11.3 Å². The zero-order chi connectivity index (χ0) is 16.9. The minimum absolute atomic E-state index is 0.0112. The van der Waals surface area contributed by atoms with Gasteiger partial charge in [0.25, 0.3) is 0 Å². The molecule has 1 N–H and O–H groups in total. The third-order valence-electron chi connectivity index (χ3n) is 4.21. The van der Waals surface area contributed by atoms with E-state index in [4.69, 9.17) is 0 Å². The first-order valence-corrected chi connectivity index (χ1v) is 8.89. The molecule has 1 aliphatic heterocycles. The fraction of sp³-hybridized carbons (Fsp3) is 0.333. The Morgan fingerprint density at radius 1 is 1.33 bits per heavy atom. The number of carbonyl (C=O) groups is 2. The van der Waals surface area contributed by atoms with E-state index < -0.39 is 0 Å². The maximum atomic E-state index is 12.6. The largest absolute Gasteiger partial charge is 0.359 e. The summed E-state index contributed by atoms with van der Waals surface area (Å²) in [4.78, 5) is 27.3. The van der Waals surface area contributed by atoms with Crippen LogP contribution in [-0.2, 0) is 22.7 Å². The molecule has 5 nitrogen and oxygen atoms in total. The molecule has 3 heterocycles. The van der Waals surface area contributed by atoms with Crippen LogP contribution in [0.2, 0.25) is 0 Å². The monoisotopic (exact) mass is 343 g/mol. The van der Waals surface area contributed by atoms with Crippen molar-refractivity contribution in [1.29, 1.82) is 0 Å². The summed E-state index contributed by atoms with van der Waals surface area (Å²) in [5, 5.41) is 4.66. The predicted molar refractivity (Wildman–Crippen MR) is 95.4 cm³/mol. The molecule has 1 aliphatic rings. The summed E-state index contributed by atoms with van der Waals surface area (Å²) in [6.45, 7) is 1.92. The summed E-state index contributed by atoms with van der Waals surface area (Å²) in [7, 11) is 1.65. The van der Waals surface area contributed by atoms with E-state index in [9.17, 15) is 9.59 Å². The Labute approximate surface area is 145 Å². The fourth-order valence-corrected chi connectivity index (χ4v) is 3.60. The number of nitrogens with zero attached hydrogens (tertiary/aromatic N) is 2. The summed E-state index contributed by atoms with van der Waals surface area (Å²) >= 11 is 1.60. The molecule has 126 valence electrons. The zero-order valence-corrected chi connectivity index (χ0v) is 14.5. The molecule has 0 bridgehead atoms. The smallest absolute Gasteiger partial charge is 0.246 e. The molecular weight excluding hydrogens is 322 g/mol. The van der Waals surface area contributed by atoms with Crippen molar-refractivity contribution in [2.75, 3.05) is 13.6 Å². The highest BCUT2D eigenvalue weighted by molar-refractivity contribution is 7.10. The van der Waals surface area contributed by atoms with E-state index in [-0.39, 0.29) is 17.7 Å². The molecule has 2 aromatic heterocycles. The molecule has 0 aromatic carbocycles. The molecule has 0 fully saturated rings. The van der Waals surface area contributed by atoms with Crippen LogP contribution in [0.3, 0.4) is 0 Å². The van der Waals surface area contributed by atoms with E-state index >= 15 is 0 Å². The average molecular weight is 343 g/mol. The molecule has 0 unspecified atom stereocenters. The highest BCUT2D eigenvalue weighted by atomic mass is 32.1. The number of carbonyl (C=O) groups excluding carboxylic acids is 2. The Morgan fingerprint density at radius 2 is 2.21 bits per heavy atom. The maximum Gasteiger partial charge on any atom is 0.246 e. The van der Waals surface area contributed by atoms with Crippen molar-refractivity contribution in [3.05, 3.63) is 52.5 Å². The number of rotatable bonds is 4. The van der Waals surface area contributed by atoms with Crippen molar-refractivity contribution in [2.24, 2.45) is 5.92 Å². The van der Waals surface area contributed by atoms with Gasteiger partial charge in [-0.1, -0.05) is 6.07 Å². The van der Waals surface area contributed by atoms with Crippen molar-refractivity contribution in [3.8, 4) is 0 Å². The number of amides is 2. The van der Waals surface area contributed by atoms with Crippen LogP contribution in [-0.4, -0.2) is 34.9 Å². The van der Waals surface area contributed by atoms with Gasteiger partial charge in [0.05, 0.1) is 6.54 Å². The molecule has 24 heavy (non-hydrogen) atoms. The van der Waals surface area contributed by atoms with Crippen molar-refractivity contribution in [1.82, 2.24) is 14.8 Å². The minimum Gasteiger partial charge on any atom is -0.359 e. The summed E-state index contributed by atoms with van der Waals surface area (Å²) in [5.41, 5.74) is 1.10. The lowest BCUT2D eigenvalue weighted by atomic mass is 10.0. The average Bonchev–Trinajstić information content (AvgIpc) is 3.21. The van der Waals surface area contributed by atoms with Gasteiger partial charge < -0.3 is 14.8 Å². The Balaban J connectivity index is 1.76. The minimum atomic E-state index is -0.0139. The highest BCUT2D eigenvalue weighted by Gasteiger charge is 2.25. The fourth-order valence-electron chi connectivity index (χ4n) is 2.98. The van der Waals surface area contributed by atoms with E-state index in [1.807, 2.05) is 46.8 Å². The Hall–Kier alpha value is -2.34. The first-order chi connectivity index (χ1) is 11.7. The van der Waals surface area contributed by atoms with Gasteiger partial charge in [-0.3, -0.25) is 9.59 Å². The molecule has 0 spiro atoms. The predicted octanol–water partition coefficient (Wildman–Crippen LogP) is 2.36. The highest BCUT2D eigenvalue weighted by Crippen LogP contribution is 2.20. The van der Waals surface area contributed by atoms with Crippen molar-refractivity contribution >= 4 is 29.2 Å². The number of nitrogens with one attached hydrogen (secondary N) is 1. The van der Waals surface area contributed by atoms with Crippen molar-refractivity contribution < 1.29 is 9.59 Å². The lowest BCUT2D eigenvalue weighted by Gasteiger charge is -2.22. The molecule has 0 aliphatic carbocycles. The van der Waals surface area contributed by atoms with E-state index in [1.54, 1.807) is 24.5 Å². The molecule has 0 saturated heterocycles. The lowest BCUT2D eigenvalue weighted by molar-refractivity contribution is -0.128. The van der Waals surface area contributed by atoms with Gasteiger partial charge in [-0.25, -0.2) is 0 Å². The third kappa shape index (κ3) is 3.94. The second-order valence-electron chi connectivity index (χ2n) is 5.96. The maximum absolute atomic E-state index is 12.6. The molecule has 2 amide bonds. The van der Waals surface area contributed by atoms with Crippen LogP contribution < -0.4 is 5.32 Å². The van der Waals surface area contributed by atoms with Gasteiger partial charge in [0.2, 0.25) is 11.8 Å². The van der Waals surface area contributed by atoms with E-state index in [0.717, 1.165) is 17.1 Å². The second kappa shape index (κ2) is 7.49. The van der Waals surface area contributed by atoms with E-state index in [2.05, 4.69) is 9.88 Å². The van der Waals surface area contributed by atoms with Crippen LogP contribution in [0, 0.1) is 5.92 Å². The van der Waals surface area contributed by atoms with Gasteiger partial charge in [0.1, 0.15) is 0 Å². The van der Waals surface area contributed by atoms with Gasteiger partial charge in [0, 0.05) is 55.3 Å². The summed E-state index contributed by atoms with van der Waals surface area (Å²) in [6.07, 6.45) is 5.92. The first-order valence-electron chi connectivity index (χ1n) is 8.01. The molecule has 1 atom stereocenters. The normalized spacial score (nSPS) is 17.5. The molecular formula is C18H21N3O2S. The standard InChI is InChI=1S/C18H21N3O2S/c1-19-17(22)10-14-11-20-8-2-4-15(20)13-21(12-14)18(23)7-6-16-5-3-9-24-16/h2-9,14H,10-13H2,1H3,(H,19,22)/b7-6+/t14-/m0/s1. The van der Waals surface area contributed by atoms with E-state index in [0.29, 0.717) is 19.5 Å². The van der Waals surface area contributed by atoms with Crippen LogP contribution in [0.5, 0.6) is 0 Å². The van der Waals surface area contributed by atoms with Gasteiger partial charge in [-0.2, -0.15) is 0 Å². The number of fused-ring (bicyclic) bond motifs is 1. The van der Waals surface area contributed by atoms with Crippen molar-refractivity contribution in [3.63, 3.8) is 0 Å². The molecule has 2 aromatic rings. The van der Waals surface area contributed by atoms with E-state index in [1.165, 1.54) is 0 Å². The van der Waals surface area contributed by atoms with Gasteiger partial charge in [0.15, 0.2) is 0 Å². The number of aromatic nitrogens is 1. The molecule has 6 heteroatoms. The summed E-state index contributed by atoms with van der Waals surface area (Å²) < 4.78 is 2.14. The van der Waals surface area contributed by atoms with Crippen LogP contribution in [0.1, 0.15) is 17.0 Å². The van der Waals surface area contributed by atoms with Gasteiger partial charge >= 0.3 is 0 Å². The molecule has 0 radical (unpaired) electrons. The van der Waals surface area contributed by atoms with Crippen LogP contribution in [0.25, 0.3) is 6.08 Å². The lowest BCUT2D eigenvalue weighted by Crippen LogP contribution is -2.34.